The van der Waals surface area contributed by atoms with E-state index in [-0.39, 0.29) is 5.82 Å². The summed E-state index contributed by atoms with van der Waals surface area (Å²) in [6.07, 6.45) is 0. The summed E-state index contributed by atoms with van der Waals surface area (Å²) in [4.78, 5) is 0. The highest BCUT2D eigenvalue weighted by Gasteiger charge is 2.12. The van der Waals surface area contributed by atoms with Gasteiger partial charge in [-0.25, -0.2) is 4.39 Å². The standard InChI is InChI=1S/C13H13Br2FN2O/c1-3-18-12(13(15)8(2)17-18)7-19-9-4-5-11(16)10(14)6-9/h4-6H,3,7H2,1-2H3. The molecule has 6 heteroatoms. The smallest absolute Gasteiger partial charge is 0.137 e. The average Bonchev–Trinajstić information content (AvgIpc) is 2.67. The molecule has 2 rings (SSSR count). The molecule has 1 aromatic heterocycles. The number of rotatable bonds is 4. The third-order valence-electron chi connectivity index (χ3n) is 2.72. The number of nitrogens with zero attached hydrogens (tertiary/aromatic N) is 2. The van der Waals surface area contributed by atoms with Gasteiger partial charge in [-0.1, -0.05) is 0 Å². The Bertz CT molecular complexity index is 599. The highest BCUT2D eigenvalue weighted by Crippen LogP contribution is 2.25. The van der Waals surface area contributed by atoms with E-state index >= 15 is 0 Å². The van der Waals surface area contributed by atoms with Crippen molar-refractivity contribution < 1.29 is 9.13 Å². The molecule has 0 radical (unpaired) electrons. The average molecular weight is 392 g/mol. The Hall–Kier alpha value is -0.880. The summed E-state index contributed by atoms with van der Waals surface area (Å²) in [5.41, 5.74) is 1.90. The van der Waals surface area contributed by atoms with Gasteiger partial charge in [0.05, 0.1) is 20.3 Å². The molecule has 3 nitrogen and oxygen atoms in total. The fraction of sp³-hybridized carbons (Fsp3) is 0.308. The van der Waals surface area contributed by atoms with Gasteiger partial charge in [0, 0.05) is 6.54 Å². The first-order valence-electron chi connectivity index (χ1n) is 5.82. The lowest BCUT2D eigenvalue weighted by atomic mass is 10.3. The molecule has 0 saturated carbocycles. The Morgan fingerprint density at radius 3 is 2.74 bits per heavy atom. The zero-order valence-electron chi connectivity index (χ0n) is 10.6. The minimum absolute atomic E-state index is 0.303. The van der Waals surface area contributed by atoms with Crippen LogP contribution in [0.15, 0.2) is 27.1 Å². The van der Waals surface area contributed by atoms with Crippen molar-refractivity contribution in [2.75, 3.05) is 0 Å². The second kappa shape index (κ2) is 6.05. The molecule has 0 aliphatic carbocycles. The second-order valence-electron chi connectivity index (χ2n) is 4.03. The van der Waals surface area contributed by atoms with E-state index in [1.165, 1.54) is 6.07 Å². The highest BCUT2D eigenvalue weighted by molar-refractivity contribution is 9.10. The molecule has 0 saturated heterocycles. The first kappa shape index (κ1) is 14.5. The molecule has 0 bridgehead atoms. The predicted octanol–water partition coefficient (Wildman–Crippen LogP) is 4.45. The first-order chi connectivity index (χ1) is 9.02. The van der Waals surface area contributed by atoms with Gasteiger partial charge < -0.3 is 4.74 Å². The van der Waals surface area contributed by atoms with Crippen LogP contribution in [-0.4, -0.2) is 9.78 Å². The van der Waals surface area contributed by atoms with Crippen LogP contribution in [0.4, 0.5) is 4.39 Å². The summed E-state index contributed by atoms with van der Waals surface area (Å²) >= 11 is 6.65. The third kappa shape index (κ3) is 3.17. The quantitative estimate of drug-likeness (QED) is 0.769. The van der Waals surface area contributed by atoms with Gasteiger partial charge >= 0.3 is 0 Å². The van der Waals surface area contributed by atoms with E-state index in [9.17, 15) is 4.39 Å². The van der Waals surface area contributed by atoms with Crippen LogP contribution >= 0.6 is 31.9 Å². The molecule has 0 aliphatic rings. The molecule has 0 fully saturated rings. The number of aromatic nitrogens is 2. The molecule has 2 aromatic rings. The summed E-state index contributed by atoms with van der Waals surface area (Å²) in [5, 5.41) is 4.39. The summed E-state index contributed by atoms with van der Waals surface area (Å²) < 4.78 is 22.0. The topological polar surface area (TPSA) is 27.1 Å². The molecule has 0 N–H and O–H groups in total. The number of halogens is 3. The van der Waals surface area contributed by atoms with Crippen LogP contribution in [0, 0.1) is 12.7 Å². The van der Waals surface area contributed by atoms with Crippen LogP contribution in [-0.2, 0) is 13.2 Å². The van der Waals surface area contributed by atoms with Crippen molar-refractivity contribution in [3.63, 3.8) is 0 Å². The maximum absolute atomic E-state index is 13.1. The van der Waals surface area contributed by atoms with Gasteiger partial charge in [0.15, 0.2) is 0 Å². The van der Waals surface area contributed by atoms with Crippen LogP contribution < -0.4 is 4.74 Å². The van der Waals surface area contributed by atoms with Crippen molar-refractivity contribution in [1.82, 2.24) is 9.78 Å². The van der Waals surface area contributed by atoms with Crippen molar-refractivity contribution in [2.45, 2.75) is 27.0 Å². The van der Waals surface area contributed by atoms with Crippen LogP contribution in [0.5, 0.6) is 5.75 Å². The summed E-state index contributed by atoms with van der Waals surface area (Å²) in [6, 6.07) is 4.59. The zero-order valence-corrected chi connectivity index (χ0v) is 13.8. The van der Waals surface area contributed by atoms with E-state index in [1.54, 1.807) is 12.1 Å². The fourth-order valence-corrected chi connectivity index (χ4v) is 2.48. The Labute approximate surface area is 128 Å². The van der Waals surface area contributed by atoms with E-state index < -0.39 is 0 Å². The molecule has 0 unspecified atom stereocenters. The van der Waals surface area contributed by atoms with E-state index in [2.05, 4.69) is 37.0 Å². The molecular formula is C13H13Br2FN2O. The molecule has 102 valence electrons. The fourth-order valence-electron chi connectivity index (χ4n) is 1.73. The zero-order chi connectivity index (χ0) is 14.0. The van der Waals surface area contributed by atoms with Gasteiger partial charge in [0.2, 0.25) is 0 Å². The van der Waals surface area contributed by atoms with E-state index in [0.717, 1.165) is 22.4 Å². The van der Waals surface area contributed by atoms with Crippen LogP contribution in [0.1, 0.15) is 18.3 Å². The SMILES string of the molecule is CCn1nc(C)c(Br)c1COc1ccc(F)c(Br)c1. The minimum atomic E-state index is -0.303. The summed E-state index contributed by atoms with van der Waals surface area (Å²) in [7, 11) is 0. The molecule has 0 aliphatic heterocycles. The Kier molecular flexibility index (Phi) is 4.62. The van der Waals surface area contributed by atoms with Crippen molar-refractivity contribution in [3.05, 3.63) is 44.3 Å². The summed E-state index contributed by atoms with van der Waals surface area (Å²) in [6.45, 7) is 5.12. The molecular weight excluding hydrogens is 379 g/mol. The van der Waals surface area contributed by atoms with Gasteiger partial charge in [-0.15, -0.1) is 0 Å². The lowest BCUT2D eigenvalue weighted by Gasteiger charge is -2.09. The van der Waals surface area contributed by atoms with Gasteiger partial charge in [-0.2, -0.15) is 5.10 Å². The van der Waals surface area contributed by atoms with Crippen molar-refractivity contribution in [3.8, 4) is 5.75 Å². The normalized spacial score (nSPS) is 10.8. The Morgan fingerprint density at radius 2 is 2.11 bits per heavy atom. The van der Waals surface area contributed by atoms with Crippen molar-refractivity contribution in [2.24, 2.45) is 0 Å². The van der Waals surface area contributed by atoms with Gasteiger partial charge in [-0.3, -0.25) is 4.68 Å². The second-order valence-corrected chi connectivity index (χ2v) is 5.67. The van der Waals surface area contributed by atoms with Crippen LogP contribution in [0.2, 0.25) is 0 Å². The lowest BCUT2D eigenvalue weighted by molar-refractivity contribution is 0.291. The lowest BCUT2D eigenvalue weighted by Crippen LogP contribution is -2.06. The number of benzene rings is 1. The molecule has 1 heterocycles. The Morgan fingerprint density at radius 1 is 1.37 bits per heavy atom. The Balaban J connectivity index is 2.16. The van der Waals surface area contributed by atoms with Gasteiger partial charge in [0.25, 0.3) is 0 Å². The first-order valence-corrected chi connectivity index (χ1v) is 7.41. The number of hydrogen-bond donors (Lipinski definition) is 0. The third-order valence-corrected chi connectivity index (χ3v) is 4.36. The predicted molar refractivity (Wildman–Crippen MR) is 78.8 cm³/mol. The van der Waals surface area contributed by atoms with Crippen molar-refractivity contribution >= 4 is 31.9 Å². The van der Waals surface area contributed by atoms with Crippen LogP contribution in [0.3, 0.4) is 0 Å². The molecule has 0 spiro atoms. The van der Waals surface area contributed by atoms with E-state index in [1.807, 2.05) is 18.5 Å². The molecule has 19 heavy (non-hydrogen) atoms. The molecule has 0 amide bonds. The molecule has 0 atom stereocenters. The van der Waals surface area contributed by atoms with E-state index in [4.69, 9.17) is 4.74 Å². The van der Waals surface area contributed by atoms with Crippen LogP contribution in [0.25, 0.3) is 0 Å². The number of aryl methyl sites for hydroxylation is 2. The highest BCUT2D eigenvalue weighted by atomic mass is 79.9. The van der Waals surface area contributed by atoms with E-state index in [0.29, 0.717) is 16.8 Å². The van der Waals surface area contributed by atoms with Gasteiger partial charge in [-0.05, 0) is 63.9 Å². The minimum Gasteiger partial charge on any atom is -0.487 e. The van der Waals surface area contributed by atoms with Crippen molar-refractivity contribution in [1.29, 1.82) is 0 Å². The number of hydrogen-bond acceptors (Lipinski definition) is 2. The largest absolute Gasteiger partial charge is 0.487 e. The maximum Gasteiger partial charge on any atom is 0.137 e. The molecule has 1 aromatic carbocycles. The summed E-state index contributed by atoms with van der Waals surface area (Å²) in [5.74, 6) is 0.310. The maximum atomic E-state index is 13.1. The van der Waals surface area contributed by atoms with Gasteiger partial charge in [0.1, 0.15) is 18.2 Å². The monoisotopic (exact) mass is 390 g/mol. The number of ether oxygens (including phenoxy) is 1.